The Labute approximate surface area is 252 Å². The number of imidazole rings is 1. The van der Waals surface area contributed by atoms with E-state index in [1.54, 1.807) is 25.1 Å². The van der Waals surface area contributed by atoms with Gasteiger partial charge in [-0.15, -0.1) is 11.8 Å². The van der Waals surface area contributed by atoms with Crippen molar-refractivity contribution in [3.05, 3.63) is 65.6 Å². The topological polar surface area (TPSA) is 140 Å². The fraction of sp³-hybridized carbons (Fsp3) is 0.433. The molecule has 228 valence electrons. The van der Waals surface area contributed by atoms with Crippen molar-refractivity contribution in [1.29, 1.82) is 0 Å². The molecule has 1 heterocycles. The highest BCUT2D eigenvalue weighted by Gasteiger charge is 2.27. The Bertz CT molecular complexity index is 1470. The number of urea groups is 1. The molecular formula is C30H40N4O6S2. The molecule has 0 radical (unpaired) electrons. The lowest BCUT2D eigenvalue weighted by atomic mass is 10.0. The first-order valence-corrected chi connectivity index (χ1v) is 16.7. The number of aromatic nitrogens is 2. The van der Waals surface area contributed by atoms with Gasteiger partial charge in [0.2, 0.25) is 0 Å². The summed E-state index contributed by atoms with van der Waals surface area (Å²) in [6.07, 6.45) is 2.14. The Morgan fingerprint density at radius 3 is 2.40 bits per heavy atom. The number of nitrogens with zero attached hydrogens (tertiary/aromatic N) is 2. The highest BCUT2D eigenvalue weighted by Crippen LogP contribution is 2.34. The number of ether oxygens (including phenoxy) is 1. The Morgan fingerprint density at radius 2 is 1.79 bits per heavy atom. The number of sulfonamides is 1. The van der Waals surface area contributed by atoms with Crippen LogP contribution in [0.15, 0.2) is 58.5 Å². The lowest BCUT2D eigenvalue weighted by molar-refractivity contribution is -0.145. The van der Waals surface area contributed by atoms with E-state index in [4.69, 9.17) is 9.72 Å². The van der Waals surface area contributed by atoms with E-state index in [9.17, 15) is 23.1 Å². The van der Waals surface area contributed by atoms with E-state index in [0.717, 1.165) is 17.8 Å². The molecule has 0 aliphatic carbocycles. The van der Waals surface area contributed by atoms with Gasteiger partial charge in [0.15, 0.2) is 0 Å². The first kappa shape index (κ1) is 33.2. The van der Waals surface area contributed by atoms with E-state index >= 15 is 0 Å². The summed E-state index contributed by atoms with van der Waals surface area (Å²) >= 11 is 1.41. The number of carbonyl (C=O) groups is 2. The third kappa shape index (κ3) is 8.14. The molecule has 2 unspecified atom stereocenters. The van der Waals surface area contributed by atoms with Gasteiger partial charge in [-0.25, -0.2) is 22.9 Å². The molecule has 12 heteroatoms. The summed E-state index contributed by atoms with van der Waals surface area (Å²) in [5.74, 6) is 0.440. The molecular weight excluding hydrogens is 576 g/mol. The predicted molar refractivity (Wildman–Crippen MR) is 164 cm³/mol. The maximum Gasteiger partial charge on any atom is 0.328 e. The maximum atomic E-state index is 13.0. The number of aliphatic hydroxyl groups is 1. The fourth-order valence-corrected chi connectivity index (χ4v) is 6.30. The highest BCUT2D eigenvalue weighted by molar-refractivity contribution is 7.98. The molecule has 3 aromatic rings. The molecule has 1 aromatic heterocycles. The number of thioether (sulfide) groups is 1. The van der Waals surface area contributed by atoms with Crippen molar-refractivity contribution in [2.75, 3.05) is 19.4 Å². The number of esters is 1. The van der Waals surface area contributed by atoms with Crippen molar-refractivity contribution in [1.82, 2.24) is 19.6 Å². The van der Waals surface area contributed by atoms with Gasteiger partial charge < -0.3 is 19.7 Å². The zero-order chi connectivity index (χ0) is 30.9. The van der Waals surface area contributed by atoms with Gasteiger partial charge in [0.05, 0.1) is 23.6 Å². The zero-order valence-corrected chi connectivity index (χ0v) is 26.3. The van der Waals surface area contributed by atoms with E-state index < -0.39 is 28.1 Å². The van der Waals surface area contributed by atoms with Crippen LogP contribution in [-0.2, 0) is 26.1 Å². The maximum absolute atomic E-state index is 13.0. The average Bonchev–Trinajstić information content (AvgIpc) is 3.34. The second kappa shape index (κ2) is 15.2. The van der Waals surface area contributed by atoms with Gasteiger partial charge in [-0.2, -0.15) is 0 Å². The van der Waals surface area contributed by atoms with Crippen LogP contribution in [0.2, 0.25) is 0 Å². The number of aliphatic hydroxyl groups excluding tert-OH is 1. The number of amides is 2. The van der Waals surface area contributed by atoms with Crippen molar-refractivity contribution >= 4 is 33.8 Å². The molecule has 2 amide bonds. The molecule has 0 saturated heterocycles. The summed E-state index contributed by atoms with van der Waals surface area (Å²) in [7, 11) is -4.12. The molecule has 0 aliphatic heterocycles. The van der Waals surface area contributed by atoms with Gasteiger partial charge in [0.1, 0.15) is 17.0 Å². The van der Waals surface area contributed by atoms with E-state index in [-0.39, 0.29) is 23.8 Å². The van der Waals surface area contributed by atoms with Crippen molar-refractivity contribution in [2.45, 2.75) is 75.4 Å². The van der Waals surface area contributed by atoms with Gasteiger partial charge in [0.25, 0.3) is 10.0 Å². The van der Waals surface area contributed by atoms with Crippen molar-refractivity contribution < 1.29 is 27.9 Å². The van der Waals surface area contributed by atoms with Gasteiger partial charge in [0, 0.05) is 24.6 Å². The lowest BCUT2D eigenvalue weighted by Gasteiger charge is -2.19. The molecule has 0 spiro atoms. The Balaban J connectivity index is 1.96. The van der Waals surface area contributed by atoms with Crippen LogP contribution in [0.1, 0.15) is 76.1 Å². The first-order chi connectivity index (χ1) is 20.1. The smallest absolute Gasteiger partial charge is 0.328 e. The second-order valence-electron chi connectivity index (χ2n) is 9.84. The number of hydrogen-bond donors (Lipinski definition) is 3. The second-order valence-corrected chi connectivity index (χ2v) is 12.3. The molecule has 0 saturated carbocycles. The number of hydrogen-bond acceptors (Lipinski definition) is 8. The van der Waals surface area contributed by atoms with Crippen LogP contribution in [0.25, 0.3) is 11.1 Å². The molecule has 0 fully saturated rings. The minimum absolute atomic E-state index is 0.00736. The third-order valence-corrected chi connectivity index (χ3v) is 8.85. The van der Waals surface area contributed by atoms with Crippen LogP contribution in [-0.4, -0.2) is 54.5 Å². The largest absolute Gasteiger partial charge is 0.466 e. The minimum atomic E-state index is -4.12. The Morgan fingerprint density at radius 1 is 1.10 bits per heavy atom. The molecule has 3 N–H and O–H groups in total. The van der Waals surface area contributed by atoms with Crippen molar-refractivity contribution in [3.63, 3.8) is 0 Å². The monoisotopic (exact) mass is 616 g/mol. The summed E-state index contributed by atoms with van der Waals surface area (Å²) in [5.41, 5.74) is 2.58. The predicted octanol–water partition coefficient (Wildman–Crippen LogP) is 5.22. The Kier molecular flexibility index (Phi) is 12.0. The SMILES string of the molecule is CCCNC(=O)NS(=O)(=O)c1ccccc1-c1ccc(Cn2c(C(C)CC)nc(SC)c2C(O)CC(=O)OCC)cc1. The lowest BCUT2D eigenvalue weighted by Crippen LogP contribution is -2.39. The van der Waals surface area contributed by atoms with Crippen LogP contribution >= 0.6 is 11.8 Å². The summed E-state index contributed by atoms with van der Waals surface area (Å²) in [5, 5.41) is 14.3. The summed E-state index contributed by atoms with van der Waals surface area (Å²) < 4.78 is 35.2. The molecule has 42 heavy (non-hydrogen) atoms. The molecule has 0 bridgehead atoms. The van der Waals surface area contributed by atoms with Gasteiger partial charge in [-0.1, -0.05) is 63.2 Å². The quantitative estimate of drug-likeness (QED) is 0.166. The summed E-state index contributed by atoms with van der Waals surface area (Å²) in [6.45, 7) is 8.72. The molecule has 10 nitrogen and oxygen atoms in total. The van der Waals surface area contributed by atoms with E-state index in [1.807, 2.05) is 42.0 Å². The van der Waals surface area contributed by atoms with Crippen LogP contribution in [0.5, 0.6) is 0 Å². The number of carbonyl (C=O) groups excluding carboxylic acids is 2. The van der Waals surface area contributed by atoms with Crippen LogP contribution in [0, 0.1) is 0 Å². The summed E-state index contributed by atoms with van der Waals surface area (Å²) in [4.78, 5) is 29.1. The normalized spacial score (nSPS) is 12.9. The van der Waals surface area contributed by atoms with E-state index in [0.29, 0.717) is 41.4 Å². The molecule has 0 aliphatic rings. The van der Waals surface area contributed by atoms with Gasteiger partial charge in [-0.05, 0) is 43.2 Å². The molecule has 2 atom stereocenters. The van der Waals surface area contributed by atoms with Crippen molar-refractivity contribution in [2.24, 2.45) is 0 Å². The van der Waals surface area contributed by atoms with Crippen LogP contribution in [0.3, 0.4) is 0 Å². The number of benzene rings is 2. The number of nitrogens with one attached hydrogen (secondary N) is 2. The molecule has 3 rings (SSSR count). The highest BCUT2D eigenvalue weighted by atomic mass is 32.2. The zero-order valence-electron chi connectivity index (χ0n) is 24.7. The van der Waals surface area contributed by atoms with Gasteiger partial charge >= 0.3 is 12.0 Å². The van der Waals surface area contributed by atoms with Crippen LogP contribution < -0.4 is 10.0 Å². The van der Waals surface area contributed by atoms with E-state index in [2.05, 4.69) is 23.9 Å². The van der Waals surface area contributed by atoms with Crippen LogP contribution in [0.4, 0.5) is 4.79 Å². The van der Waals surface area contributed by atoms with Crippen molar-refractivity contribution in [3.8, 4) is 11.1 Å². The minimum Gasteiger partial charge on any atom is -0.466 e. The van der Waals surface area contributed by atoms with Gasteiger partial charge in [-0.3, -0.25) is 4.79 Å². The molecule has 2 aromatic carbocycles. The fourth-order valence-electron chi connectivity index (χ4n) is 4.50. The standard InChI is InChI=1S/C30H40N4O6S2/c1-6-17-31-30(37)33-42(38,39)25-12-10-9-11-23(25)22-15-13-21(14-16-22)19-34-27(24(35)18-26(36)40-8-3)29(41-5)32-28(34)20(4)7-2/h9-16,20,24,35H,6-8,17-19H2,1-5H3,(H2,31,33,37). The first-order valence-electron chi connectivity index (χ1n) is 14.0. The average molecular weight is 617 g/mol. The summed E-state index contributed by atoms with van der Waals surface area (Å²) in [6, 6.07) is 13.2. The Hall–Kier alpha value is -3.35. The number of rotatable bonds is 14. The third-order valence-electron chi connectivity index (χ3n) is 6.77. The van der Waals surface area contributed by atoms with E-state index in [1.165, 1.54) is 17.8 Å².